The molecule has 6 heteroatoms. The van der Waals surface area contributed by atoms with Crippen LogP contribution < -0.4 is 9.47 Å². The second-order valence-corrected chi connectivity index (χ2v) is 6.15. The fraction of sp³-hybridized carbons (Fsp3) is 0.588. The predicted molar refractivity (Wildman–Crippen MR) is 84.0 cm³/mol. The molecule has 1 spiro atoms. The van der Waals surface area contributed by atoms with Gasteiger partial charge < -0.3 is 24.2 Å². The van der Waals surface area contributed by atoms with Gasteiger partial charge in [0.05, 0.1) is 26.9 Å². The van der Waals surface area contributed by atoms with Gasteiger partial charge in [0.1, 0.15) is 17.1 Å². The van der Waals surface area contributed by atoms with E-state index in [0.29, 0.717) is 43.2 Å². The summed E-state index contributed by atoms with van der Waals surface area (Å²) in [5, 5.41) is 10.3. The van der Waals surface area contributed by atoms with Gasteiger partial charge in [0.15, 0.2) is 0 Å². The molecule has 2 heterocycles. The molecule has 6 nitrogen and oxygen atoms in total. The summed E-state index contributed by atoms with van der Waals surface area (Å²) >= 11 is 0. The first-order chi connectivity index (χ1) is 11.1. The first-order valence-electron chi connectivity index (χ1n) is 7.92. The topological polar surface area (TPSA) is 68.2 Å². The molecule has 2 saturated heterocycles. The number of benzene rings is 1. The molecule has 3 rings (SSSR count). The van der Waals surface area contributed by atoms with Crippen molar-refractivity contribution in [2.45, 2.75) is 31.0 Å². The molecule has 2 aliphatic heterocycles. The van der Waals surface area contributed by atoms with Gasteiger partial charge >= 0.3 is 0 Å². The van der Waals surface area contributed by atoms with Gasteiger partial charge in [-0.3, -0.25) is 4.79 Å². The SMILES string of the molecule is COc1cc(OC)cc(C(=O)N2CC[C@H](O)[C@]3(CCCO3)C2)c1. The number of likely N-dealkylation sites (tertiary alicyclic amines) is 1. The molecule has 23 heavy (non-hydrogen) atoms. The van der Waals surface area contributed by atoms with Crippen LogP contribution in [0.2, 0.25) is 0 Å². The summed E-state index contributed by atoms with van der Waals surface area (Å²) in [4.78, 5) is 14.6. The number of carbonyl (C=O) groups is 1. The zero-order valence-corrected chi connectivity index (χ0v) is 13.6. The molecule has 1 N–H and O–H groups in total. The summed E-state index contributed by atoms with van der Waals surface area (Å²) in [6.45, 7) is 1.59. The number of hydrogen-bond acceptors (Lipinski definition) is 5. The van der Waals surface area contributed by atoms with Crippen LogP contribution in [0, 0.1) is 0 Å². The maximum absolute atomic E-state index is 12.9. The minimum atomic E-state index is -0.600. The van der Waals surface area contributed by atoms with Crippen LogP contribution in [-0.4, -0.2) is 61.5 Å². The molecular weight excluding hydrogens is 298 g/mol. The van der Waals surface area contributed by atoms with Gasteiger partial charge in [-0.2, -0.15) is 0 Å². The molecule has 0 unspecified atom stereocenters. The molecular formula is C17H23NO5. The summed E-state index contributed by atoms with van der Waals surface area (Å²) in [6.07, 6.45) is 1.74. The van der Waals surface area contributed by atoms with E-state index >= 15 is 0 Å². The Kier molecular flexibility index (Phi) is 4.46. The average molecular weight is 321 g/mol. The van der Waals surface area contributed by atoms with Gasteiger partial charge in [0.25, 0.3) is 5.91 Å². The highest BCUT2D eigenvalue weighted by atomic mass is 16.5. The summed E-state index contributed by atoms with van der Waals surface area (Å²) in [6, 6.07) is 5.15. The molecule has 1 amide bonds. The molecule has 126 valence electrons. The number of methoxy groups -OCH3 is 2. The lowest BCUT2D eigenvalue weighted by Crippen LogP contribution is -2.57. The second-order valence-electron chi connectivity index (χ2n) is 6.15. The van der Waals surface area contributed by atoms with Gasteiger partial charge in [0, 0.05) is 24.8 Å². The van der Waals surface area contributed by atoms with Crippen LogP contribution in [0.25, 0.3) is 0 Å². The fourth-order valence-corrected chi connectivity index (χ4v) is 3.44. The van der Waals surface area contributed by atoms with Gasteiger partial charge in [-0.25, -0.2) is 0 Å². The highest BCUT2D eigenvalue weighted by Gasteiger charge is 2.47. The van der Waals surface area contributed by atoms with Crippen molar-refractivity contribution < 1.29 is 24.1 Å². The zero-order chi connectivity index (χ0) is 16.4. The Bertz CT molecular complexity index is 560. The van der Waals surface area contributed by atoms with Crippen LogP contribution in [-0.2, 0) is 4.74 Å². The molecule has 1 aromatic carbocycles. The smallest absolute Gasteiger partial charge is 0.254 e. The third-order valence-corrected chi connectivity index (χ3v) is 4.76. The van der Waals surface area contributed by atoms with E-state index in [2.05, 4.69) is 0 Å². The molecule has 0 radical (unpaired) electrons. The second kappa shape index (κ2) is 6.37. The summed E-state index contributed by atoms with van der Waals surface area (Å²) < 4.78 is 16.3. The van der Waals surface area contributed by atoms with Crippen LogP contribution in [0.5, 0.6) is 11.5 Å². The molecule has 0 aliphatic carbocycles. The Hall–Kier alpha value is -1.79. The Morgan fingerprint density at radius 3 is 2.57 bits per heavy atom. The van der Waals surface area contributed by atoms with Gasteiger partial charge in [-0.1, -0.05) is 0 Å². The predicted octanol–water partition coefficient (Wildman–Crippen LogP) is 1.46. The van der Waals surface area contributed by atoms with E-state index in [1.165, 1.54) is 0 Å². The molecule has 2 aliphatic rings. The third kappa shape index (κ3) is 3.01. The van der Waals surface area contributed by atoms with Crippen LogP contribution in [0.1, 0.15) is 29.6 Å². The quantitative estimate of drug-likeness (QED) is 0.913. The van der Waals surface area contributed by atoms with E-state index < -0.39 is 11.7 Å². The number of hydrogen-bond donors (Lipinski definition) is 1. The molecule has 2 atom stereocenters. The number of amides is 1. The maximum Gasteiger partial charge on any atom is 0.254 e. The van der Waals surface area contributed by atoms with Gasteiger partial charge in [-0.15, -0.1) is 0 Å². The van der Waals surface area contributed by atoms with E-state index in [9.17, 15) is 9.90 Å². The Morgan fingerprint density at radius 1 is 1.30 bits per heavy atom. The van der Waals surface area contributed by atoms with E-state index in [0.717, 1.165) is 12.8 Å². The standard InChI is InChI=1S/C17H23NO5/c1-21-13-8-12(9-14(10-13)22-2)16(20)18-6-4-15(19)17(11-18)5-3-7-23-17/h8-10,15,19H,3-7,11H2,1-2H3/t15-,17-/m0/s1. The average Bonchev–Trinajstić information content (AvgIpc) is 3.05. The summed E-state index contributed by atoms with van der Waals surface area (Å²) in [5.41, 5.74) is -0.0811. The van der Waals surface area contributed by atoms with Crippen LogP contribution in [0.3, 0.4) is 0 Å². The molecule has 2 fully saturated rings. The number of rotatable bonds is 3. The Labute approximate surface area is 135 Å². The largest absolute Gasteiger partial charge is 0.497 e. The van der Waals surface area contributed by atoms with Crippen molar-refractivity contribution >= 4 is 5.91 Å². The van der Waals surface area contributed by atoms with Crippen LogP contribution in [0.4, 0.5) is 0 Å². The van der Waals surface area contributed by atoms with E-state index in [4.69, 9.17) is 14.2 Å². The number of aliphatic hydroxyl groups excluding tert-OH is 1. The Morgan fingerprint density at radius 2 is 2.00 bits per heavy atom. The van der Waals surface area contributed by atoms with Crippen molar-refractivity contribution in [2.24, 2.45) is 0 Å². The number of piperidine rings is 1. The van der Waals surface area contributed by atoms with E-state index in [-0.39, 0.29) is 5.91 Å². The van der Waals surface area contributed by atoms with Gasteiger partial charge in [-0.05, 0) is 31.4 Å². The van der Waals surface area contributed by atoms with E-state index in [1.54, 1.807) is 37.3 Å². The lowest BCUT2D eigenvalue weighted by Gasteiger charge is -2.43. The number of ether oxygens (including phenoxy) is 3. The first-order valence-corrected chi connectivity index (χ1v) is 7.92. The normalized spacial score (nSPS) is 27.3. The minimum Gasteiger partial charge on any atom is -0.497 e. The lowest BCUT2D eigenvalue weighted by molar-refractivity contribution is -0.124. The Balaban J connectivity index is 1.83. The summed E-state index contributed by atoms with van der Waals surface area (Å²) in [5.74, 6) is 1.07. The monoisotopic (exact) mass is 321 g/mol. The van der Waals surface area contributed by atoms with Crippen molar-refractivity contribution in [1.82, 2.24) is 4.90 Å². The van der Waals surface area contributed by atoms with Gasteiger partial charge in [0.2, 0.25) is 0 Å². The highest BCUT2D eigenvalue weighted by molar-refractivity contribution is 5.95. The molecule has 0 saturated carbocycles. The number of carbonyl (C=O) groups excluding carboxylic acids is 1. The van der Waals surface area contributed by atoms with Crippen LogP contribution >= 0.6 is 0 Å². The fourth-order valence-electron chi connectivity index (χ4n) is 3.44. The highest BCUT2D eigenvalue weighted by Crippen LogP contribution is 2.35. The first kappa shape index (κ1) is 16.1. The summed E-state index contributed by atoms with van der Waals surface area (Å²) in [7, 11) is 3.11. The van der Waals surface area contributed by atoms with Crippen molar-refractivity contribution in [1.29, 1.82) is 0 Å². The van der Waals surface area contributed by atoms with Crippen LogP contribution in [0.15, 0.2) is 18.2 Å². The van der Waals surface area contributed by atoms with Crippen molar-refractivity contribution in [3.63, 3.8) is 0 Å². The van der Waals surface area contributed by atoms with Crippen molar-refractivity contribution in [3.8, 4) is 11.5 Å². The van der Waals surface area contributed by atoms with Crippen molar-refractivity contribution in [2.75, 3.05) is 33.9 Å². The lowest BCUT2D eigenvalue weighted by atomic mass is 9.87. The number of aliphatic hydroxyl groups is 1. The third-order valence-electron chi connectivity index (χ3n) is 4.76. The van der Waals surface area contributed by atoms with E-state index in [1.807, 2.05) is 0 Å². The molecule has 0 bridgehead atoms. The molecule has 1 aromatic rings. The van der Waals surface area contributed by atoms with Crippen molar-refractivity contribution in [3.05, 3.63) is 23.8 Å². The maximum atomic E-state index is 12.9. The molecule has 0 aromatic heterocycles. The zero-order valence-electron chi connectivity index (χ0n) is 13.6. The minimum absolute atomic E-state index is 0.0935. The number of nitrogens with zero attached hydrogens (tertiary/aromatic N) is 1.